The van der Waals surface area contributed by atoms with Crippen LogP contribution in [-0.2, 0) is 24.1 Å². The number of aryl methyl sites for hydroxylation is 1. The van der Waals surface area contributed by atoms with Crippen LogP contribution >= 0.6 is 0 Å². The number of esters is 1. The summed E-state index contributed by atoms with van der Waals surface area (Å²) in [6, 6.07) is 22.2. The molecule has 0 aliphatic heterocycles. The number of carbonyl (C=O) groups excluding carboxylic acids is 1. The lowest BCUT2D eigenvalue weighted by atomic mass is 10.1. The van der Waals surface area contributed by atoms with Crippen molar-refractivity contribution in [3.63, 3.8) is 0 Å². The maximum atomic E-state index is 13.7. The molecule has 0 atom stereocenters. The van der Waals surface area contributed by atoms with Crippen molar-refractivity contribution in [1.29, 1.82) is 0 Å². The van der Waals surface area contributed by atoms with Crippen molar-refractivity contribution in [1.82, 2.24) is 9.55 Å². The molecule has 0 saturated carbocycles. The first kappa shape index (κ1) is 28.5. The summed E-state index contributed by atoms with van der Waals surface area (Å²) in [6.45, 7) is 1.64. The largest absolute Gasteiger partial charge is 0.488 e. The fraction of sp³-hybridized carbons (Fsp3) is 0.125. The van der Waals surface area contributed by atoms with Gasteiger partial charge in [0.05, 0.1) is 11.3 Å². The van der Waals surface area contributed by atoms with E-state index in [1.54, 1.807) is 35.8 Å². The van der Waals surface area contributed by atoms with E-state index in [0.29, 0.717) is 22.5 Å². The number of pyridine rings is 1. The normalized spacial score (nSPS) is 11.4. The number of carbonyl (C=O) groups is 1. The predicted molar refractivity (Wildman–Crippen MR) is 145 cm³/mol. The maximum Gasteiger partial charge on any atom is 0.416 e. The van der Waals surface area contributed by atoms with E-state index in [2.05, 4.69) is 4.98 Å². The number of hydrogen-bond donors (Lipinski definition) is 0. The molecule has 0 unspecified atom stereocenters. The first-order valence-corrected chi connectivity index (χ1v) is 12.7. The molecule has 5 aromatic rings. The summed E-state index contributed by atoms with van der Waals surface area (Å²) in [7, 11) is 0. The monoisotopic (exact) mass is 578 g/mol. The van der Waals surface area contributed by atoms with Gasteiger partial charge in [0.1, 0.15) is 36.4 Å². The highest BCUT2D eigenvalue weighted by Gasteiger charge is 2.32. The average molecular weight is 579 g/mol. The van der Waals surface area contributed by atoms with Crippen molar-refractivity contribution in [2.75, 3.05) is 0 Å². The molecule has 5 nitrogen and oxygen atoms in total. The van der Waals surface area contributed by atoms with Gasteiger partial charge in [-0.2, -0.15) is 13.2 Å². The van der Waals surface area contributed by atoms with Crippen LogP contribution in [0.4, 0.5) is 22.0 Å². The zero-order chi connectivity index (χ0) is 29.9. The van der Waals surface area contributed by atoms with Gasteiger partial charge in [-0.25, -0.2) is 18.6 Å². The van der Waals surface area contributed by atoms with Gasteiger partial charge in [-0.3, -0.25) is 4.57 Å². The van der Waals surface area contributed by atoms with E-state index in [9.17, 15) is 26.7 Å². The number of rotatable bonds is 8. The number of halogens is 5. The van der Waals surface area contributed by atoms with E-state index >= 15 is 0 Å². The molecule has 3 aromatic carbocycles. The number of aromatic nitrogens is 2. The van der Waals surface area contributed by atoms with Gasteiger partial charge >= 0.3 is 12.1 Å². The second-order valence-electron chi connectivity index (χ2n) is 9.40. The third-order valence-corrected chi connectivity index (χ3v) is 6.42. The molecule has 0 spiro atoms. The minimum Gasteiger partial charge on any atom is -0.488 e. The molecule has 0 fully saturated rings. The van der Waals surface area contributed by atoms with E-state index in [0.717, 1.165) is 12.1 Å². The van der Waals surface area contributed by atoms with Crippen molar-refractivity contribution in [3.8, 4) is 22.8 Å². The van der Waals surface area contributed by atoms with Crippen LogP contribution in [0.25, 0.3) is 17.1 Å². The van der Waals surface area contributed by atoms with Gasteiger partial charge in [0.2, 0.25) is 0 Å². The van der Waals surface area contributed by atoms with Crippen molar-refractivity contribution in [3.05, 3.63) is 137 Å². The topological polar surface area (TPSA) is 53.4 Å². The molecule has 0 N–H and O–H groups in total. The molecule has 0 saturated heterocycles. The minimum atomic E-state index is -4.61. The lowest BCUT2D eigenvalue weighted by Gasteiger charge is -2.17. The zero-order valence-electron chi connectivity index (χ0n) is 22.2. The molecular weight excluding hydrogens is 555 g/mol. The molecule has 5 rings (SSSR count). The lowest BCUT2D eigenvalue weighted by Crippen LogP contribution is -2.11. The lowest BCUT2D eigenvalue weighted by molar-refractivity contribution is -0.137. The van der Waals surface area contributed by atoms with Crippen LogP contribution in [0.2, 0.25) is 0 Å². The number of alkyl halides is 3. The van der Waals surface area contributed by atoms with Gasteiger partial charge in [-0.05, 0) is 84.8 Å². The number of ether oxygens (including phenoxy) is 2. The summed E-state index contributed by atoms with van der Waals surface area (Å²) < 4.78 is 80.5. The first-order chi connectivity index (χ1) is 20.1. The Kier molecular flexibility index (Phi) is 8.06. The smallest absolute Gasteiger partial charge is 0.416 e. The summed E-state index contributed by atoms with van der Waals surface area (Å²) in [6.07, 6.45) is -4.61. The van der Waals surface area contributed by atoms with Crippen molar-refractivity contribution >= 4 is 5.97 Å². The highest BCUT2D eigenvalue weighted by Crippen LogP contribution is 2.39. The summed E-state index contributed by atoms with van der Waals surface area (Å²) in [4.78, 5) is 17.2. The Balaban J connectivity index is 1.48. The Morgan fingerprint density at radius 3 is 2.10 bits per heavy atom. The third kappa shape index (κ3) is 6.49. The highest BCUT2D eigenvalue weighted by atomic mass is 19.4. The van der Waals surface area contributed by atoms with Crippen LogP contribution in [-0.4, -0.2) is 15.5 Å². The van der Waals surface area contributed by atoms with Gasteiger partial charge in [0, 0.05) is 11.3 Å². The molecule has 0 radical (unpaired) electrons. The van der Waals surface area contributed by atoms with Crippen LogP contribution in [0.1, 0.15) is 32.9 Å². The second-order valence-corrected chi connectivity index (χ2v) is 9.40. The number of benzene rings is 3. The van der Waals surface area contributed by atoms with Crippen LogP contribution in [0.15, 0.2) is 97.1 Å². The van der Waals surface area contributed by atoms with E-state index in [-0.39, 0.29) is 36.0 Å². The van der Waals surface area contributed by atoms with E-state index in [4.69, 9.17) is 9.47 Å². The van der Waals surface area contributed by atoms with Crippen molar-refractivity contribution < 1.29 is 36.2 Å². The average Bonchev–Trinajstić information content (AvgIpc) is 3.37. The SMILES string of the molecule is Cc1ccc(-c2cc(C(F)(F)F)ccc2OCc2ccc(F)cc2)n1-c1cccc(C(=O)OCc2ccc(F)cc2)n1. The third-order valence-electron chi connectivity index (χ3n) is 6.42. The van der Waals surface area contributed by atoms with Gasteiger partial charge in [-0.15, -0.1) is 0 Å². The van der Waals surface area contributed by atoms with Crippen LogP contribution < -0.4 is 4.74 Å². The molecule has 0 amide bonds. The Morgan fingerprint density at radius 2 is 1.45 bits per heavy atom. The van der Waals surface area contributed by atoms with Gasteiger partial charge in [-0.1, -0.05) is 30.3 Å². The van der Waals surface area contributed by atoms with Crippen LogP contribution in [0.3, 0.4) is 0 Å². The fourth-order valence-electron chi connectivity index (χ4n) is 4.29. The number of nitrogens with zero attached hydrogens (tertiary/aromatic N) is 2. The van der Waals surface area contributed by atoms with Gasteiger partial charge in [0.15, 0.2) is 5.69 Å². The van der Waals surface area contributed by atoms with Gasteiger partial charge < -0.3 is 9.47 Å². The van der Waals surface area contributed by atoms with Gasteiger partial charge in [0.25, 0.3) is 0 Å². The fourth-order valence-corrected chi connectivity index (χ4v) is 4.29. The van der Waals surface area contributed by atoms with Crippen LogP contribution in [0.5, 0.6) is 5.75 Å². The van der Waals surface area contributed by atoms with E-state index in [1.807, 2.05) is 0 Å². The molecule has 42 heavy (non-hydrogen) atoms. The summed E-state index contributed by atoms with van der Waals surface area (Å²) in [5.41, 5.74) is 1.44. The summed E-state index contributed by atoms with van der Waals surface area (Å²) >= 11 is 0. The maximum absolute atomic E-state index is 13.7. The van der Waals surface area contributed by atoms with Crippen molar-refractivity contribution in [2.24, 2.45) is 0 Å². The molecule has 214 valence electrons. The molecule has 10 heteroatoms. The minimum absolute atomic E-state index is 0.00797. The van der Waals surface area contributed by atoms with Crippen LogP contribution in [0, 0.1) is 18.6 Å². The molecule has 2 heterocycles. The predicted octanol–water partition coefficient (Wildman–Crippen LogP) is 8.08. The molecule has 2 aromatic heterocycles. The molecule has 0 bridgehead atoms. The Morgan fingerprint density at radius 1 is 0.810 bits per heavy atom. The first-order valence-electron chi connectivity index (χ1n) is 12.7. The Bertz CT molecular complexity index is 1710. The number of hydrogen-bond acceptors (Lipinski definition) is 4. The second kappa shape index (κ2) is 11.9. The highest BCUT2D eigenvalue weighted by molar-refractivity contribution is 5.87. The Labute approximate surface area is 237 Å². The summed E-state index contributed by atoms with van der Waals surface area (Å²) in [5.74, 6) is -1.12. The molecule has 0 aliphatic carbocycles. The summed E-state index contributed by atoms with van der Waals surface area (Å²) in [5, 5.41) is 0. The molecular formula is C32H23F5N2O3. The van der Waals surface area contributed by atoms with E-state index in [1.165, 1.54) is 60.7 Å². The molecule has 0 aliphatic rings. The standard InChI is InChI=1S/C32H23F5N2O3/c1-20-5-15-28(26-17-23(32(35,36)37)10-16-29(26)41-18-21-6-11-24(33)12-7-21)39(20)30-4-2-3-27(38-30)31(40)42-19-22-8-13-25(34)14-9-22/h2-17H,18-19H2,1H3. The zero-order valence-corrected chi connectivity index (χ0v) is 22.2. The Hall–Kier alpha value is -4.99. The van der Waals surface area contributed by atoms with Crippen molar-refractivity contribution in [2.45, 2.75) is 26.3 Å². The van der Waals surface area contributed by atoms with E-state index < -0.39 is 29.3 Å². The quantitative estimate of drug-likeness (QED) is 0.138.